The molecule has 0 aliphatic rings. The quantitative estimate of drug-likeness (QED) is 0.0417. The van der Waals surface area contributed by atoms with E-state index in [9.17, 15) is 34.1 Å². The van der Waals surface area contributed by atoms with Crippen LogP contribution in [0, 0.1) is 0 Å². The molecule has 4 N–H and O–H groups in total. The van der Waals surface area contributed by atoms with Crippen LogP contribution < -0.4 is 5.32 Å². The predicted octanol–water partition coefficient (Wildman–Crippen LogP) is 5.43. The third-order valence-electron chi connectivity index (χ3n) is 6.11. The summed E-state index contributed by atoms with van der Waals surface area (Å²) in [7, 11) is -4.71. The third-order valence-corrected chi connectivity index (χ3v) is 7.06. The highest BCUT2D eigenvalue weighted by atomic mass is 31.2. The summed E-state index contributed by atoms with van der Waals surface area (Å²) < 4.78 is 25.6. The van der Waals surface area contributed by atoms with E-state index in [1.54, 1.807) is 0 Å². The Morgan fingerprint density at radius 1 is 0.800 bits per heavy atom. The van der Waals surface area contributed by atoms with Crippen LogP contribution in [0.15, 0.2) is 12.2 Å². The Morgan fingerprint density at radius 3 is 1.82 bits per heavy atom. The lowest BCUT2D eigenvalue weighted by molar-refractivity contribution is -0.144. The number of esters is 1. The van der Waals surface area contributed by atoms with E-state index in [4.69, 9.17) is 0 Å². The topological polar surface area (TPSA) is 169 Å². The van der Waals surface area contributed by atoms with E-state index < -0.39 is 57.6 Å². The smallest absolute Gasteiger partial charge is 0.472 e. The number of unbranched alkanes of at least 4 members (excludes halogenated alkanes) is 13. The number of phosphoric acid groups is 1. The number of amides is 1. The van der Waals surface area contributed by atoms with Crippen molar-refractivity contribution in [2.45, 2.75) is 129 Å². The minimum atomic E-state index is -4.71. The maximum atomic E-state index is 12.1. The van der Waals surface area contributed by atoms with Crippen LogP contribution in [0.2, 0.25) is 0 Å². The number of allylic oxidation sites excluding steroid dienone is 2. The third kappa shape index (κ3) is 25.2. The summed E-state index contributed by atoms with van der Waals surface area (Å²) >= 11 is 0. The first-order valence-electron chi connectivity index (χ1n) is 14.7. The van der Waals surface area contributed by atoms with Crippen LogP contribution in [0.25, 0.3) is 0 Å². The molecule has 0 spiro atoms. The van der Waals surface area contributed by atoms with Crippen molar-refractivity contribution in [3.63, 3.8) is 0 Å². The number of hydrogen-bond acceptors (Lipinski definition) is 8. The van der Waals surface area contributed by atoms with E-state index >= 15 is 0 Å². The first kappa shape index (κ1) is 38.2. The number of carbonyl (C=O) groups excluding carboxylic acids is 2. The highest BCUT2D eigenvalue weighted by Gasteiger charge is 2.28. The SMILES string of the molecule is CCCCCCCC/C=C\CCCCCCCCCC(=O)NC(COP(=O)(O)OCC(O)COC(C)=O)C(=O)O. The second kappa shape index (κ2) is 25.0. The zero-order chi connectivity index (χ0) is 30.1. The minimum Gasteiger partial charge on any atom is -0.480 e. The number of ether oxygens (including phenoxy) is 1. The number of carboxylic acid groups (broad SMARTS) is 1. The van der Waals surface area contributed by atoms with E-state index in [2.05, 4.69) is 38.2 Å². The Morgan fingerprint density at radius 2 is 1.30 bits per heavy atom. The molecular formula is C28H52NO10P. The predicted molar refractivity (Wildman–Crippen MR) is 153 cm³/mol. The van der Waals surface area contributed by atoms with Crippen LogP contribution in [0.1, 0.15) is 117 Å². The fourth-order valence-electron chi connectivity index (χ4n) is 3.80. The minimum absolute atomic E-state index is 0.142. The molecule has 234 valence electrons. The van der Waals surface area contributed by atoms with Crippen LogP contribution in [0.5, 0.6) is 0 Å². The van der Waals surface area contributed by atoms with Crippen molar-refractivity contribution in [3.05, 3.63) is 12.2 Å². The highest BCUT2D eigenvalue weighted by molar-refractivity contribution is 7.47. The molecule has 3 unspecified atom stereocenters. The van der Waals surface area contributed by atoms with Gasteiger partial charge in [-0.1, -0.05) is 83.3 Å². The molecule has 12 heteroatoms. The van der Waals surface area contributed by atoms with Gasteiger partial charge in [0.15, 0.2) is 6.04 Å². The van der Waals surface area contributed by atoms with Crippen LogP contribution in [-0.2, 0) is 32.7 Å². The number of carbonyl (C=O) groups is 3. The number of aliphatic carboxylic acids is 1. The van der Waals surface area contributed by atoms with Crippen LogP contribution in [0.4, 0.5) is 0 Å². The van der Waals surface area contributed by atoms with E-state index in [0.717, 1.165) is 39.0 Å². The second-order valence-corrected chi connectivity index (χ2v) is 11.5. The van der Waals surface area contributed by atoms with E-state index in [1.165, 1.54) is 57.8 Å². The number of aliphatic hydroxyl groups is 1. The molecule has 0 aromatic heterocycles. The van der Waals surface area contributed by atoms with Gasteiger partial charge in [0, 0.05) is 13.3 Å². The van der Waals surface area contributed by atoms with Crippen molar-refractivity contribution in [2.24, 2.45) is 0 Å². The summed E-state index contributed by atoms with van der Waals surface area (Å²) in [5.41, 5.74) is 0. The fraction of sp³-hybridized carbons (Fsp3) is 0.821. The van der Waals surface area contributed by atoms with Crippen LogP contribution in [-0.4, -0.2) is 64.9 Å². The van der Waals surface area contributed by atoms with Crippen molar-refractivity contribution in [1.29, 1.82) is 0 Å². The second-order valence-electron chi connectivity index (χ2n) is 10.0. The van der Waals surface area contributed by atoms with Gasteiger partial charge in [-0.2, -0.15) is 0 Å². The molecule has 1 amide bonds. The van der Waals surface area contributed by atoms with Crippen molar-refractivity contribution in [2.75, 3.05) is 19.8 Å². The number of rotatable bonds is 27. The molecule has 0 saturated heterocycles. The lowest BCUT2D eigenvalue weighted by Gasteiger charge is -2.18. The summed E-state index contributed by atoms with van der Waals surface area (Å²) in [5.74, 6) is -2.56. The number of carboxylic acids is 1. The van der Waals surface area contributed by atoms with Gasteiger partial charge in [-0.25, -0.2) is 9.36 Å². The van der Waals surface area contributed by atoms with Gasteiger partial charge in [0.25, 0.3) is 0 Å². The monoisotopic (exact) mass is 593 g/mol. The molecule has 0 aromatic carbocycles. The molecule has 40 heavy (non-hydrogen) atoms. The Labute approximate surface area is 239 Å². The summed E-state index contributed by atoms with van der Waals surface area (Å²) in [6.45, 7) is 1.44. The molecule has 0 rings (SSSR count). The number of nitrogens with one attached hydrogen (secondary N) is 1. The Balaban J connectivity index is 3.88. The van der Waals surface area contributed by atoms with Crippen molar-refractivity contribution in [3.8, 4) is 0 Å². The van der Waals surface area contributed by atoms with Crippen LogP contribution >= 0.6 is 7.82 Å². The molecule has 0 fully saturated rings. The molecule has 0 heterocycles. The van der Waals surface area contributed by atoms with Gasteiger partial charge in [-0.3, -0.25) is 18.6 Å². The lowest BCUT2D eigenvalue weighted by Crippen LogP contribution is -2.43. The van der Waals surface area contributed by atoms with Gasteiger partial charge >= 0.3 is 19.8 Å². The first-order chi connectivity index (χ1) is 19.1. The molecule has 0 aliphatic heterocycles. The number of hydrogen-bond donors (Lipinski definition) is 4. The molecule has 3 atom stereocenters. The molecule has 0 saturated carbocycles. The van der Waals surface area contributed by atoms with Crippen molar-refractivity contribution in [1.82, 2.24) is 5.32 Å². The standard InChI is InChI=1S/C28H52NO10P/c1-3-4-5-6-7-8-9-10-11-12-13-14-15-16-17-18-19-20-27(32)29-26(28(33)34)23-39-40(35,36)38-22-25(31)21-37-24(2)30/h10-11,25-26,31H,3-9,12-23H2,1-2H3,(H,29,32)(H,33,34)(H,35,36)/b11-10-. The van der Waals surface area contributed by atoms with Gasteiger partial charge in [-0.15, -0.1) is 0 Å². The molecular weight excluding hydrogens is 541 g/mol. The largest absolute Gasteiger partial charge is 0.480 e. The Kier molecular flexibility index (Phi) is 23.9. The zero-order valence-corrected chi connectivity index (χ0v) is 25.3. The maximum Gasteiger partial charge on any atom is 0.472 e. The average Bonchev–Trinajstić information content (AvgIpc) is 2.90. The van der Waals surface area contributed by atoms with Gasteiger partial charge in [0.2, 0.25) is 5.91 Å². The van der Waals surface area contributed by atoms with Crippen molar-refractivity contribution < 1.29 is 47.8 Å². The van der Waals surface area contributed by atoms with Gasteiger partial charge in [-0.05, 0) is 32.1 Å². The Hall–Kier alpha value is -1.78. The lowest BCUT2D eigenvalue weighted by atomic mass is 10.1. The molecule has 0 aliphatic carbocycles. The van der Waals surface area contributed by atoms with Crippen LogP contribution in [0.3, 0.4) is 0 Å². The van der Waals surface area contributed by atoms with Gasteiger partial charge < -0.3 is 25.2 Å². The number of phosphoric ester groups is 1. The van der Waals surface area contributed by atoms with Gasteiger partial charge in [0.1, 0.15) is 12.7 Å². The van der Waals surface area contributed by atoms with Gasteiger partial charge in [0.05, 0.1) is 13.2 Å². The molecule has 0 aromatic rings. The van der Waals surface area contributed by atoms with E-state index in [-0.39, 0.29) is 6.42 Å². The summed E-state index contributed by atoms with van der Waals surface area (Å²) in [6, 6.07) is -1.54. The Bertz CT molecular complexity index is 761. The fourth-order valence-corrected chi connectivity index (χ4v) is 4.57. The maximum absolute atomic E-state index is 12.1. The van der Waals surface area contributed by atoms with E-state index in [0.29, 0.717) is 6.42 Å². The molecule has 11 nitrogen and oxygen atoms in total. The van der Waals surface area contributed by atoms with E-state index in [1.807, 2.05) is 0 Å². The normalized spacial score (nSPS) is 14.5. The summed E-state index contributed by atoms with van der Waals surface area (Å²) in [6.07, 6.45) is 20.7. The summed E-state index contributed by atoms with van der Waals surface area (Å²) in [4.78, 5) is 43.9. The molecule has 0 bridgehead atoms. The summed E-state index contributed by atoms with van der Waals surface area (Å²) in [5, 5.41) is 21.1. The first-order valence-corrected chi connectivity index (χ1v) is 16.2. The average molecular weight is 594 g/mol. The zero-order valence-electron chi connectivity index (χ0n) is 24.4. The number of aliphatic hydroxyl groups excluding tert-OH is 1. The van der Waals surface area contributed by atoms with Crippen molar-refractivity contribution >= 4 is 25.7 Å². The molecule has 0 radical (unpaired) electrons. The highest BCUT2D eigenvalue weighted by Crippen LogP contribution is 2.43.